The largest absolute Gasteiger partial charge is 0.490 e. The number of nitrogens with zero attached hydrogens (tertiary/aromatic N) is 1. The van der Waals surface area contributed by atoms with E-state index >= 15 is 0 Å². The molecule has 0 radical (unpaired) electrons. The van der Waals surface area contributed by atoms with Gasteiger partial charge in [0, 0.05) is 5.02 Å². The van der Waals surface area contributed by atoms with Crippen molar-refractivity contribution in [1.29, 1.82) is 0 Å². The van der Waals surface area contributed by atoms with Gasteiger partial charge in [0.1, 0.15) is 4.90 Å². The molecule has 7 nitrogen and oxygen atoms in total. The molecular formula is C25H19ClINO6S2. The van der Waals surface area contributed by atoms with Gasteiger partial charge in [-0.15, -0.1) is 0 Å². The third-order valence-corrected chi connectivity index (χ3v) is 8.33. The zero-order chi connectivity index (χ0) is 25.9. The Bertz CT molecular complexity index is 1460. The molecule has 0 atom stereocenters. The van der Waals surface area contributed by atoms with Crippen LogP contribution < -0.4 is 8.92 Å². The van der Waals surface area contributed by atoms with Gasteiger partial charge in [0.15, 0.2) is 11.5 Å². The molecule has 1 fully saturated rings. The molecule has 3 aromatic carbocycles. The molecule has 11 heteroatoms. The third kappa shape index (κ3) is 5.88. The van der Waals surface area contributed by atoms with Crippen LogP contribution in [0.2, 0.25) is 5.02 Å². The molecule has 186 valence electrons. The van der Waals surface area contributed by atoms with E-state index in [1.807, 2.05) is 22.6 Å². The number of amides is 2. The van der Waals surface area contributed by atoms with E-state index in [1.165, 1.54) is 12.1 Å². The number of carbonyl (C=O) groups is 2. The summed E-state index contributed by atoms with van der Waals surface area (Å²) in [5.74, 6) is -0.194. The number of imide groups is 1. The summed E-state index contributed by atoms with van der Waals surface area (Å²) in [5, 5.41) is 0.0669. The van der Waals surface area contributed by atoms with Gasteiger partial charge in [0.2, 0.25) is 0 Å². The molecule has 0 saturated carbocycles. The Labute approximate surface area is 231 Å². The summed E-state index contributed by atoms with van der Waals surface area (Å²) in [7, 11) is -4.09. The average molecular weight is 656 g/mol. The molecule has 0 unspecified atom stereocenters. The zero-order valence-electron chi connectivity index (χ0n) is 18.8. The first kappa shape index (κ1) is 26.5. The Morgan fingerprint density at radius 3 is 2.44 bits per heavy atom. The van der Waals surface area contributed by atoms with E-state index in [2.05, 4.69) is 0 Å². The molecule has 1 saturated heterocycles. The summed E-state index contributed by atoms with van der Waals surface area (Å²) in [6.45, 7) is 2.08. The van der Waals surface area contributed by atoms with Gasteiger partial charge in [-0.05, 0) is 88.8 Å². The van der Waals surface area contributed by atoms with Crippen molar-refractivity contribution in [2.24, 2.45) is 0 Å². The normalized spacial score (nSPS) is 15.0. The predicted molar refractivity (Wildman–Crippen MR) is 148 cm³/mol. The highest BCUT2D eigenvalue weighted by molar-refractivity contribution is 14.1. The predicted octanol–water partition coefficient (Wildman–Crippen LogP) is 6.35. The minimum atomic E-state index is -4.09. The van der Waals surface area contributed by atoms with E-state index in [0.717, 1.165) is 16.7 Å². The van der Waals surface area contributed by atoms with Crippen LogP contribution in [0.1, 0.15) is 18.1 Å². The lowest BCUT2D eigenvalue weighted by molar-refractivity contribution is -0.123. The first-order valence-corrected chi connectivity index (χ1v) is 14.3. The smallest absolute Gasteiger partial charge is 0.339 e. The Balaban J connectivity index is 1.63. The summed E-state index contributed by atoms with van der Waals surface area (Å²) in [4.78, 5) is 26.9. The van der Waals surface area contributed by atoms with E-state index in [9.17, 15) is 18.0 Å². The van der Waals surface area contributed by atoms with Crippen LogP contribution in [0.25, 0.3) is 6.08 Å². The van der Waals surface area contributed by atoms with Crippen molar-refractivity contribution < 1.29 is 26.9 Å². The number of halogens is 2. The van der Waals surface area contributed by atoms with Crippen LogP contribution in [0.15, 0.2) is 76.5 Å². The summed E-state index contributed by atoms with van der Waals surface area (Å²) in [6, 6.07) is 18.0. The van der Waals surface area contributed by atoms with Gasteiger partial charge in [-0.1, -0.05) is 48.0 Å². The molecule has 2 amide bonds. The van der Waals surface area contributed by atoms with Gasteiger partial charge in [-0.25, -0.2) is 0 Å². The maximum atomic E-state index is 13.0. The molecule has 36 heavy (non-hydrogen) atoms. The summed E-state index contributed by atoms with van der Waals surface area (Å²) < 4.78 is 37.1. The highest BCUT2D eigenvalue weighted by Crippen LogP contribution is 2.39. The van der Waals surface area contributed by atoms with E-state index in [1.54, 1.807) is 67.6 Å². The topological polar surface area (TPSA) is 90.0 Å². The Hall–Kier alpha value is -2.54. The van der Waals surface area contributed by atoms with Crippen molar-refractivity contribution in [2.45, 2.75) is 18.4 Å². The molecule has 0 bridgehead atoms. The molecule has 0 aliphatic carbocycles. The highest BCUT2D eigenvalue weighted by atomic mass is 127. The fraction of sp³-hybridized carbons (Fsp3) is 0.120. The van der Waals surface area contributed by atoms with Crippen LogP contribution in [-0.2, 0) is 21.5 Å². The van der Waals surface area contributed by atoms with Gasteiger partial charge in [-0.3, -0.25) is 14.5 Å². The molecule has 0 aromatic heterocycles. The first-order chi connectivity index (χ1) is 17.2. The zero-order valence-corrected chi connectivity index (χ0v) is 23.4. The lowest BCUT2D eigenvalue weighted by atomic mass is 10.1. The maximum Gasteiger partial charge on any atom is 0.339 e. The average Bonchev–Trinajstić information content (AvgIpc) is 3.10. The second-order valence-corrected chi connectivity index (χ2v) is 11.6. The SMILES string of the molecule is CCOc1cc(/C=C2\SC(=O)N(Cc3ccccc3Cl)C2=O)cc(I)c1OS(=O)(=O)c1ccccc1. The fourth-order valence-corrected chi connectivity index (χ4v) is 6.24. The second kappa shape index (κ2) is 11.2. The van der Waals surface area contributed by atoms with Gasteiger partial charge < -0.3 is 8.92 Å². The van der Waals surface area contributed by atoms with Gasteiger partial charge in [-0.2, -0.15) is 8.42 Å². The molecule has 1 aliphatic rings. The molecule has 1 heterocycles. The van der Waals surface area contributed by atoms with Gasteiger partial charge in [0.25, 0.3) is 11.1 Å². The quantitative estimate of drug-likeness (QED) is 0.159. The van der Waals surface area contributed by atoms with Crippen LogP contribution in [0, 0.1) is 3.57 Å². The highest BCUT2D eigenvalue weighted by Gasteiger charge is 2.35. The lowest BCUT2D eigenvalue weighted by Crippen LogP contribution is -2.27. The molecule has 0 spiro atoms. The molecular weight excluding hydrogens is 637 g/mol. The summed E-state index contributed by atoms with van der Waals surface area (Å²) in [6.07, 6.45) is 1.57. The molecule has 0 N–H and O–H groups in total. The first-order valence-electron chi connectivity index (χ1n) is 10.6. The second-order valence-electron chi connectivity index (χ2n) is 7.47. The van der Waals surface area contributed by atoms with Crippen LogP contribution >= 0.6 is 46.0 Å². The number of thioether (sulfide) groups is 1. The number of hydrogen-bond donors (Lipinski definition) is 0. The van der Waals surface area contributed by atoms with Crippen molar-refractivity contribution in [2.75, 3.05) is 6.61 Å². The number of ether oxygens (including phenoxy) is 1. The van der Waals surface area contributed by atoms with Crippen molar-refractivity contribution in [3.8, 4) is 11.5 Å². The van der Waals surface area contributed by atoms with Crippen LogP contribution in [-0.4, -0.2) is 31.1 Å². The Morgan fingerprint density at radius 1 is 1.06 bits per heavy atom. The van der Waals surface area contributed by atoms with Crippen molar-refractivity contribution in [1.82, 2.24) is 4.90 Å². The monoisotopic (exact) mass is 655 g/mol. The summed E-state index contributed by atoms with van der Waals surface area (Å²) >= 11 is 8.96. The Kier molecular flexibility index (Phi) is 8.28. The maximum absolute atomic E-state index is 13.0. The van der Waals surface area contributed by atoms with Gasteiger partial charge >= 0.3 is 10.1 Å². The van der Waals surface area contributed by atoms with Crippen LogP contribution in [0.5, 0.6) is 11.5 Å². The van der Waals surface area contributed by atoms with Crippen LogP contribution in [0.4, 0.5) is 4.79 Å². The number of carbonyl (C=O) groups excluding carboxylic acids is 2. The van der Waals surface area contributed by atoms with E-state index in [-0.39, 0.29) is 34.5 Å². The van der Waals surface area contributed by atoms with E-state index in [0.29, 0.717) is 19.7 Å². The van der Waals surface area contributed by atoms with Crippen molar-refractivity contribution in [3.63, 3.8) is 0 Å². The minimum Gasteiger partial charge on any atom is -0.490 e. The number of hydrogen-bond acceptors (Lipinski definition) is 7. The molecule has 1 aliphatic heterocycles. The summed E-state index contributed by atoms with van der Waals surface area (Å²) in [5.41, 5.74) is 1.22. The van der Waals surface area contributed by atoms with Gasteiger partial charge in [0.05, 0.1) is 21.6 Å². The molecule has 3 aromatic rings. The van der Waals surface area contributed by atoms with E-state index in [4.69, 9.17) is 20.5 Å². The lowest BCUT2D eigenvalue weighted by Gasteiger charge is -2.15. The third-order valence-electron chi connectivity index (χ3n) is 5.01. The van der Waals surface area contributed by atoms with Crippen molar-refractivity contribution in [3.05, 3.63) is 91.4 Å². The minimum absolute atomic E-state index is 0.0134. The van der Waals surface area contributed by atoms with E-state index < -0.39 is 21.3 Å². The van der Waals surface area contributed by atoms with Crippen LogP contribution in [0.3, 0.4) is 0 Å². The fourth-order valence-electron chi connectivity index (χ4n) is 3.34. The Morgan fingerprint density at radius 2 is 1.75 bits per heavy atom. The number of rotatable bonds is 8. The van der Waals surface area contributed by atoms with Crippen molar-refractivity contribution >= 4 is 73.3 Å². The standard InChI is InChI=1S/C25H19ClINO6S2/c1-2-33-21-13-16(12-20(27)23(21)34-36(31,32)18-9-4-3-5-10-18)14-22-24(29)28(25(30)35-22)15-17-8-6-7-11-19(17)26/h3-14H,2,15H2,1H3/b22-14-. The number of benzene rings is 3. The molecule has 4 rings (SSSR count).